The Morgan fingerprint density at radius 1 is 1.00 bits per heavy atom. The van der Waals surface area contributed by atoms with Crippen molar-refractivity contribution in [1.82, 2.24) is 0 Å². The number of alkyl halides is 3. The van der Waals surface area contributed by atoms with Gasteiger partial charge in [0.05, 0.1) is 26.3 Å². The van der Waals surface area contributed by atoms with Crippen LogP contribution in [0.1, 0.15) is 6.42 Å². The molecule has 0 aliphatic carbocycles. The number of rotatable bonds is 6. The maximum Gasteiger partial charge on any atom is 0.573 e. The molecule has 0 aromatic heterocycles. The summed E-state index contributed by atoms with van der Waals surface area (Å²) in [5, 5.41) is 2.86. The summed E-state index contributed by atoms with van der Waals surface area (Å²) in [5.41, 5.74) is 0.649. The Kier molecular flexibility index (Phi) is 5.53. The van der Waals surface area contributed by atoms with E-state index in [1.165, 1.54) is 26.4 Å². The average molecular weight is 410 g/mol. The van der Waals surface area contributed by atoms with Crippen LogP contribution >= 0.6 is 0 Å². The van der Waals surface area contributed by atoms with E-state index >= 15 is 0 Å². The molecule has 1 N–H and O–H groups in total. The van der Waals surface area contributed by atoms with Gasteiger partial charge in [0.25, 0.3) is 5.91 Å². The van der Waals surface area contributed by atoms with Crippen LogP contribution in [0.2, 0.25) is 0 Å². The van der Waals surface area contributed by atoms with E-state index in [1.807, 2.05) is 0 Å². The number of benzene rings is 2. The Hall–Kier alpha value is -3.43. The van der Waals surface area contributed by atoms with E-state index in [2.05, 4.69) is 10.1 Å². The molecule has 10 heteroatoms. The van der Waals surface area contributed by atoms with Gasteiger partial charge >= 0.3 is 6.36 Å². The van der Waals surface area contributed by atoms with Crippen molar-refractivity contribution in [2.24, 2.45) is 0 Å². The molecule has 0 spiro atoms. The lowest BCUT2D eigenvalue weighted by atomic mass is 10.2. The van der Waals surface area contributed by atoms with E-state index in [0.29, 0.717) is 17.2 Å². The van der Waals surface area contributed by atoms with E-state index in [9.17, 15) is 22.8 Å². The maximum absolute atomic E-state index is 12.8. The highest BCUT2D eigenvalue weighted by molar-refractivity contribution is 6.23. The van der Waals surface area contributed by atoms with E-state index in [0.717, 1.165) is 17.0 Å². The van der Waals surface area contributed by atoms with Gasteiger partial charge in [-0.15, -0.1) is 13.2 Å². The molecule has 29 heavy (non-hydrogen) atoms. The number of halogens is 3. The second-order valence-electron chi connectivity index (χ2n) is 6.08. The Balaban J connectivity index is 1.76. The molecule has 2 amide bonds. The zero-order chi connectivity index (χ0) is 21.2. The Morgan fingerprint density at radius 3 is 2.24 bits per heavy atom. The molecule has 1 atom stereocenters. The van der Waals surface area contributed by atoms with E-state index in [1.54, 1.807) is 18.2 Å². The fraction of sp³-hybridized carbons (Fsp3) is 0.263. The van der Waals surface area contributed by atoms with Crippen LogP contribution in [-0.4, -0.2) is 38.4 Å². The molecule has 154 valence electrons. The highest BCUT2D eigenvalue weighted by Gasteiger charge is 2.41. The van der Waals surface area contributed by atoms with Gasteiger partial charge in [-0.1, -0.05) is 0 Å². The first-order chi connectivity index (χ1) is 13.7. The van der Waals surface area contributed by atoms with Crippen LogP contribution in [0.3, 0.4) is 0 Å². The normalized spacial score (nSPS) is 16.7. The highest BCUT2D eigenvalue weighted by atomic mass is 19.4. The Morgan fingerprint density at radius 2 is 1.66 bits per heavy atom. The summed E-state index contributed by atoms with van der Waals surface area (Å²) in [7, 11) is 2.88. The molecule has 1 saturated heterocycles. The van der Waals surface area contributed by atoms with Gasteiger partial charge in [-0.05, 0) is 36.4 Å². The standard InChI is InChI=1S/C19H17F3N2O5/c1-27-13-7-8-15(16(9-13)28-2)24-17(25)10-14(18(24)26)23-11-3-5-12(6-4-11)29-19(20,21)22/h3-9,14,23H,10H2,1-2H3/t14-/m1/s1. The number of nitrogens with zero attached hydrogens (tertiary/aromatic N) is 1. The molecule has 0 radical (unpaired) electrons. The third-order valence-electron chi connectivity index (χ3n) is 4.20. The van der Waals surface area contributed by atoms with Gasteiger partial charge in [0.15, 0.2) is 0 Å². The van der Waals surface area contributed by atoms with Crippen LogP contribution < -0.4 is 24.4 Å². The number of nitrogens with one attached hydrogen (secondary N) is 1. The number of imide groups is 1. The minimum absolute atomic E-state index is 0.116. The summed E-state index contributed by atoms with van der Waals surface area (Å²) in [5.74, 6) is -0.538. The van der Waals surface area contributed by atoms with Gasteiger partial charge in [-0.2, -0.15) is 0 Å². The first-order valence-electron chi connectivity index (χ1n) is 8.43. The topological polar surface area (TPSA) is 77.1 Å². The monoisotopic (exact) mass is 410 g/mol. The molecule has 1 heterocycles. The zero-order valence-electron chi connectivity index (χ0n) is 15.4. The molecule has 7 nitrogen and oxygen atoms in total. The summed E-state index contributed by atoms with van der Waals surface area (Å²) in [6.45, 7) is 0. The van der Waals surface area contributed by atoms with Crippen molar-refractivity contribution in [3.63, 3.8) is 0 Å². The van der Waals surface area contributed by atoms with Crippen molar-refractivity contribution in [2.75, 3.05) is 24.4 Å². The van der Waals surface area contributed by atoms with Crippen LogP contribution in [0.25, 0.3) is 0 Å². The SMILES string of the molecule is COc1ccc(N2C(=O)C[C@@H](Nc3ccc(OC(F)(F)F)cc3)C2=O)c(OC)c1. The molecule has 0 saturated carbocycles. The lowest BCUT2D eigenvalue weighted by Crippen LogP contribution is -2.35. The van der Waals surface area contributed by atoms with Crippen LogP contribution in [0.15, 0.2) is 42.5 Å². The molecule has 1 aliphatic rings. The minimum atomic E-state index is -4.79. The number of anilines is 2. The smallest absolute Gasteiger partial charge is 0.497 e. The van der Waals surface area contributed by atoms with Gasteiger partial charge in [-0.3, -0.25) is 9.59 Å². The van der Waals surface area contributed by atoms with Crippen molar-refractivity contribution in [3.05, 3.63) is 42.5 Å². The van der Waals surface area contributed by atoms with Crippen molar-refractivity contribution < 1.29 is 37.0 Å². The molecule has 3 rings (SSSR count). The number of amides is 2. The van der Waals surface area contributed by atoms with Crippen LogP contribution in [0, 0.1) is 0 Å². The largest absolute Gasteiger partial charge is 0.573 e. The molecular weight excluding hydrogens is 393 g/mol. The van der Waals surface area contributed by atoms with Crippen molar-refractivity contribution in [3.8, 4) is 17.2 Å². The molecule has 1 fully saturated rings. The second-order valence-corrected chi connectivity index (χ2v) is 6.08. The predicted molar refractivity (Wildman–Crippen MR) is 97.2 cm³/mol. The quantitative estimate of drug-likeness (QED) is 0.736. The predicted octanol–water partition coefficient (Wildman–Crippen LogP) is 3.35. The molecule has 0 bridgehead atoms. The molecule has 2 aromatic carbocycles. The average Bonchev–Trinajstić information content (AvgIpc) is 2.94. The van der Waals surface area contributed by atoms with Crippen molar-refractivity contribution in [1.29, 1.82) is 0 Å². The van der Waals surface area contributed by atoms with E-state index in [4.69, 9.17) is 9.47 Å². The lowest BCUT2D eigenvalue weighted by Gasteiger charge is -2.19. The number of methoxy groups -OCH3 is 2. The third kappa shape index (κ3) is 4.53. The third-order valence-corrected chi connectivity index (χ3v) is 4.20. The maximum atomic E-state index is 12.8. The van der Waals surface area contributed by atoms with Crippen molar-refractivity contribution >= 4 is 23.2 Å². The van der Waals surface area contributed by atoms with E-state index < -0.39 is 24.2 Å². The van der Waals surface area contributed by atoms with Crippen LogP contribution in [-0.2, 0) is 9.59 Å². The summed E-state index contributed by atoms with van der Waals surface area (Å²) in [6, 6.07) is 8.70. The van der Waals surface area contributed by atoms with Crippen molar-refractivity contribution in [2.45, 2.75) is 18.8 Å². The van der Waals surface area contributed by atoms with Crippen LogP contribution in [0.4, 0.5) is 24.5 Å². The first-order valence-corrected chi connectivity index (χ1v) is 8.43. The summed E-state index contributed by atoms with van der Waals surface area (Å²) < 4.78 is 50.9. The van der Waals surface area contributed by atoms with Crippen LogP contribution in [0.5, 0.6) is 17.2 Å². The number of ether oxygens (including phenoxy) is 3. The van der Waals surface area contributed by atoms with Gasteiger partial charge in [0, 0.05) is 11.8 Å². The number of carbonyl (C=O) groups excluding carboxylic acids is 2. The summed E-state index contributed by atoms with van der Waals surface area (Å²) in [6.07, 6.45) is -4.91. The Bertz CT molecular complexity index is 915. The minimum Gasteiger partial charge on any atom is -0.497 e. The number of hydrogen-bond donors (Lipinski definition) is 1. The summed E-state index contributed by atoms with van der Waals surface area (Å²) in [4.78, 5) is 26.2. The van der Waals surface area contributed by atoms with E-state index in [-0.39, 0.29) is 17.9 Å². The zero-order valence-corrected chi connectivity index (χ0v) is 15.4. The van der Waals surface area contributed by atoms with Gasteiger partial charge < -0.3 is 19.5 Å². The molecule has 0 unspecified atom stereocenters. The number of hydrogen-bond acceptors (Lipinski definition) is 6. The molecular formula is C19H17F3N2O5. The molecule has 1 aliphatic heterocycles. The lowest BCUT2D eigenvalue weighted by molar-refractivity contribution is -0.274. The second kappa shape index (κ2) is 7.90. The Labute approximate surface area is 164 Å². The summed E-state index contributed by atoms with van der Waals surface area (Å²) >= 11 is 0. The fourth-order valence-electron chi connectivity index (χ4n) is 2.92. The van der Waals surface area contributed by atoms with Gasteiger partial charge in [0.1, 0.15) is 23.3 Å². The highest BCUT2D eigenvalue weighted by Crippen LogP contribution is 2.35. The van der Waals surface area contributed by atoms with Gasteiger partial charge in [0.2, 0.25) is 5.91 Å². The molecule has 2 aromatic rings. The van der Waals surface area contributed by atoms with Gasteiger partial charge in [-0.25, -0.2) is 4.90 Å². The number of carbonyl (C=O) groups is 2. The fourth-order valence-corrected chi connectivity index (χ4v) is 2.92. The first kappa shape index (κ1) is 20.3.